The van der Waals surface area contributed by atoms with Crippen LogP contribution in [0, 0.1) is 5.92 Å². The fourth-order valence-corrected chi connectivity index (χ4v) is 4.06. The van der Waals surface area contributed by atoms with Crippen LogP contribution in [0.1, 0.15) is 42.5 Å². The molecule has 0 spiro atoms. The van der Waals surface area contributed by atoms with E-state index in [4.69, 9.17) is 22.1 Å². The number of piperidine rings is 2. The standard InChI is InChI=1S/C18H26ClN3O2/c1-24-17-9-16(20)15(19)8-14(17)18(23)21-10-12-5-6-13-4-2-3-7-22(13)11-12/h8-9,12-13H,2-7,10-11,20H2,1H3,(H,21,23)/t12-,13?/m1/s1. The average molecular weight is 352 g/mol. The number of anilines is 1. The third kappa shape index (κ3) is 3.78. The smallest absolute Gasteiger partial charge is 0.255 e. The van der Waals surface area contributed by atoms with Crippen molar-refractivity contribution in [3.05, 3.63) is 22.7 Å². The number of benzene rings is 1. The van der Waals surface area contributed by atoms with Crippen LogP contribution in [-0.4, -0.2) is 43.6 Å². The lowest BCUT2D eigenvalue weighted by Crippen LogP contribution is -2.48. The molecule has 2 atom stereocenters. The second kappa shape index (κ2) is 7.62. The first-order valence-corrected chi connectivity index (χ1v) is 9.11. The van der Waals surface area contributed by atoms with Gasteiger partial charge in [0.15, 0.2) is 0 Å². The molecule has 2 heterocycles. The van der Waals surface area contributed by atoms with Gasteiger partial charge in [-0.15, -0.1) is 0 Å². The Bertz CT molecular complexity index is 608. The van der Waals surface area contributed by atoms with Gasteiger partial charge >= 0.3 is 0 Å². The Labute approximate surface area is 148 Å². The number of fused-ring (bicyclic) bond motifs is 1. The zero-order valence-corrected chi connectivity index (χ0v) is 14.9. The molecule has 2 fully saturated rings. The van der Waals surface area contributed by atoms with Gasteiger partial charge in [0.05, 0.1) is 23.4 Å². The lowest BCUT2D eigenvalue weighted by molar-refractivity contribution is 0.0718. The summed E-state index contributed by atoms with van der Waals surface area (Å²) in [5.74, 6) is 0.808. The highest BCUT2D eigenvalue weighted by Gasteiger charge is 2.30. The Morgan fingerprint density at radius 2 is 2.21 bits per heavy atom. The molecule has 3 N–H and O–H groups in total. The molecule has 1 unspecified atom stereocenters. The van der Waals surface area contributed by atoms with Gasteiger partial charge in [-0.3, -0.25) is 4.79 Å². The minimum atomic E-state index is -0.158. The zero-order chi connectivity index (χ0) is 17.1. The molecule has 1 aromatic carbocycles. The SMILES string of the molecule is COc1cc(N)c(Cl)cc1C(=O)NC[C@H]1CCC2CCCCN2C1. The predicted molar refractivity (Wildman–Crippen MR) is 96.7 cm³/mol. The maximum atomic E-state index is 12.5. The van der Waals surface area contributed by atoms with Gasteiger partial charge in [-0.05, 0) is 44.2 Å². The Hall–Kier alpha value is -1.46. The quantitative estimate of drug-likeness (QED) is 0.818. The summed E-state index contributed by atoms with van der Waals surface area (Å²) in [5, 5.41) is 3.41. The molecule has 0 radical (unpaired) electrons. The van der Waals surface area contributed by atoms with Gasteiger partial charge in [0.1, 0.15) is 5.75 Å². The lowest BCUT2D eigenvalue weighted by atomic mass is 9.87. The Morgan fingerprint density at radius 3 is 3.00 bits per heavy atom. The number of nitrogens with one attached hydrogen (secondary N) is 1. The van der Waals surface area contributed by atoms with E-state index in [9.17, 15) is 4.79 Å². The van der Waals surface area contributed by atoms with E-state index in [1.165, 1.54) is 45.8 Å². The molecule has 0 aliphatic carbocycles. The second-order valence-corrected chi connectivity index (χ2v) is 7.28. The Balaban J connectivity index is 1.59. The molecule has 1 aromatic rings. The summed E-state index contributed by atoms with van der Waals surface area (Å²) in [6.45, 7) is 2.98. The second-order valence-electron chi connectivity index (χ2n) is 6.87. The highest BCUT2D eigenvalue weighted by atomic mass is 35.5. The van der Waals surface area contributed by atoms with Crippen LogP contribution in [0.3, 0.4) is 0 Å². The van der Waals surface area contributed by atoms with Gasteiger partial charge in [-0.25, -0.2) is 0 Å². The van der Waals surface area contributed by atoms with E-state index >= 15 is 0 Å². The van der Waals surface area contributed by atoms with Crippen molar-refractivity contribution in [1.29, 1.82) is 0 Å². The topological polar surface area (TPSA) is 67.6 Å². The summed E-state index contributed by atoms with van der Waals surface area (Å²) < 4.78 is 5.26. The summed E-state index contributed by atoms with van der Waals surface area (Å²) in [5.41, 5.74) is 6.61. The fraction of sp³-hybridized carbons (Fsp3) is 0.611. The molecular weight excluding hydrogens is 326 g/mol. The van der Waals surface area contributed by atoms with Crippen LogP contribution in [0.2, 0.25) is 5.02 Å². The van der Waals surface area contributed by atoms with Crippen LogP contribution in [0.15, 0.2) is 12.1 Å². The van der Waals surface area contributed by atoms with E-state index in [0.29, 0.717) is 34.5 Å². The van der Waals surface area contributed by atoms with Gasteiger partial charge < -0.3 is 20.7 Å². The molecule has 6 heteroatoms. The van der Waals surface area contributed by atoms with E-state index in [0.717, 1.165) is 12.6 Å². The summed E-state index contributed by atoms with van der Waals surface area (Å²) >= 11 is 6.04. The lowest BCUT2D eigenvalue weighted by Gasteiger charge is -2.42. The highest BCUT2D eigenvalue weighted by Crippen LogP contribution is 2.30. The van der Waals surface area contributed by atoms with Crippen LogP contribution in [0.5, 0.6) is 5.75 Å². The van der Waals surface area contributed by atoms with Gasteiger partial charge in [-0.2, -0.15) is 0 Å². The van der Waals surface area contributed by atoms with E-state index in [1.807, 2.05) is 0 Å². The molecule has 2 saturated heterocycles. The average Bonchev–Trinajstić information content (AvgIpc) is 2.61. The number of hydrogen-bond acceptors (Lipinski definition) is 4. The number of nitrogens with zero attached hydrogens (tertiary/aromatic N) is 1. The number of amides is 1. The van der Waals surface area contributed by atoms with Crippen LogP contribution in [0.25, 0.3) is 0 Å². The molecule has 1 amide bonds. The maximum Gasteiger partial charge on any atom is 0.255 e. The van der Waals surface area contributed by atoms with Crippen molar-refractivity contribution in [1.82, 2.24) is 10.2 Å². The molecule has 0 aromatic heterocycles. The first-order valence-electron chi connectivity index (χ1n) is 8.73. The van der Waals surface area contributed by atoms with Crippen LogP contribution < -0.4 is 15.8 Å². The Kier molecular flexibility index (Phi) is 5.51. The molecule has 0 bridgehead atoms. The van der Waals surface area contributed by atoms with Crippen molar-refractivity contribution in [3.8, 4) is 5.75 Å². The van der Waals surface area contributed by atoms with Crippen molar-refractivity contribution in [2.45, 2.75) is 38.1 Å². The number of nitrogen functional groups attached to an aromatic ring is 1. The van der Waals surface area contributed by atoms with Gasteiger partial charge in [0.2, 0.25) is 0 Å². The van der Waals surface area contributed by atoms with Crippen molar-refractivity contribution in [3.63, 3.8) is 0 Å². The molecule has 5 nitrogen and oxygen atoms in total. The van der Waals surface area contributed by atoms with Gasteiger partial charge in [0.25, 0.3) is 5.91 Å². The summed E-state index contributed by atoms with van der Waals surface area (Å²) in [6.07, 6.45) is 6.43. The number of rotatable bonds is 4. The molecule has 2 aliphatic rings. The fourth-order valence-electron chi connectivity index (χ4n) is 3.89. The number of ether oxygens (including phenoxy) is 1. The summed E-state index contributed by atoms with van der Waals surface area (Å²) in [7, 11) is 1.52. The summed E-state index contributed by atoms with van der Waals surface area (Å²) in [6, 6.07) is 3.93. The van der Waals surface area contributed by atoms with Crippen LogP contribution in [-0.2, 0) is 0 Å². The predicted octanol–water partition coefficient (Wildman–Crippen LogP) is 2.93. The normalized spacial score (nSPS) is 24.2. The first-order chi connectivity index (χ1) is 11.6. The van der Waals surface area contributed by atoms with Crippen molar-refractivity contribution >= 4 is 23.2 Å². The number of carbonyl (C=O) groups excluding carboxylic acids is 1. The molecule has 3 rings (SSSR count). The van der Waals surface area contributed by atoms with Crippen LogP contribution >= 0.6 is 11.6 Å². The van der Waals surface area contributed by atoms with E-state index in [-0.39, 0.29) is 5.91 Å². The molecule has 0 saturated carbocycles. The van der Waals surface area contributed by atoms with E-state index in [1.54, 1.807) is 12.1 Å². The number of carbonyl (C=O) groups is 1. The number of methoxy groups -OCH3 is 1. The van der Waals surface area contributed by atoms with Gasteiger partial charge in [0, 0.05) is 25.2 Å². The summed E-state index contributed by atoms with van der Waals surface area (Å²) in [4.78, 5) is 15.1. The van der Waals surface area contributed by atoms with Crippen molar-refractivity contribution < 1.29 is 9.53 Å². The number of hydrogen-bond donors (Lipinski definition) is 2. The third-order valence-corrected chi connectivity index (χ3v) is 5.59. The highest BCUT2D eigenvalue weighted by molar-refractivity contribution is 6.33. The first kappa shape index (κ1) is 17.4. The molecule has 2 aliphatic heterocycles. The number of nitrogens with two attached hydrogens (primary N) is 1. The molecule has 24 heavy (non-hydrogen) atoms. The largest absolute Gasteiger partial charge is 0.496 e. The minimum Gasteiger partial charge on any atom is -0.496 e. The number of halogens is 1. The minimum absolute atomic E-state index is 0.158. The van der Waals surface area contributed by atoms with Gasteiger partial charge in [-0.1, -0.05) is 18.0 Å². The molecule has 132 valence electrons. The third-order valence-electron chi connectivity index (χ3n) is 5.26. The molecular formula is C18H26ClN3O2. The van der Waals surface area contributed by atoms with Crippen LogP contribution in [0.4, 0.5) is 5.69 Å². The maximum absolute atomic E-state index is 12.5. The van der Waals surface area contributed by atoms with Crippen molar-refractivity contribution in [2.75, 3.05) is 32.5 Å². The Morgan fingerprint density at radius 1 is 1.38 bits per heavy atom. The van der Waals surface area contributed by atoms with Crippen molar-refractivity contribution in [2.24, 2.45) is 5.92 Å². The van der Waals surface area contributed by atoms with E-state index in [2.05, 4.69) is 10.2 Å². The zero-order valence-electron chi connectivity index (χ0n) is 14.2. The monoisotopic (exact) mass is 351 g/mol. The van der Waals surface area contributed by atoms with E-state index < -0.39 is 0 Å².